The molecule has 1 fully saturated rings. The molecule has 27 heavy (non-hydrogen) atoms. The lowest BCUT2D eigenvalue weighted by atomic mass is 10.2. The number of ether oxygens (including phenoxy) is 1. The third kappa shape index (κ3) is 4.15. The average Bonchev–Trinajstić information content (AvgIpc) is 3.27. The maximum atomic E-state index is 12.7. The molecule has 7 nitrogen and oxygen atoms in total. The van der Waals surface area contributed by atoms with E-state index in [0.717, 1.165) is 24.5 Å². The van der Waals surface area contributed by atoms with Crippen molar-refractivity contribution in [2.24, 2.45) is 0 Å². The van der Waals surface area contributed by atoms with Crippen LogP contribution in [0.3, 0.4) is 0 Å². The molecule has 1 N–H and O–H groups in total. The number of amides is 1. The van der Waals surface area contributed by atoms with Gasteiger partial charge < -0.3 is 19.4 Å². The second-order valence-electron chi connectivity index (χ2n) is 6.16. The van der Waals surface area contributed by atoms with Gasteiger partial charge in [0.05, 0.1) is 26.0 Å². The smallest absolute Gasteiger partial charge is 0.270 e. The summed E-state index contributed by atoms with van der Waals surface area (Å²) in [6, 6.07) is 15.0. The fraction of sp³-hybridized carbons (Fsp3) is 0.250. The third-order valence-corrected chi connectivity index (χ3v) is 4.32. The highest BCUT2D eigenvalue weighted by molar-refractivity contribution is 5.93. The van der Waals surface area contributed by atoms with Gasteiger partial charge in [0, 0.05) is 24.7 Å². The Hall–Kier alpha value is -3.19. The summed E-state index contributed by atoms with van der Waals surface area (Å²) in [5.41, 5.74) is 1.20. The van der Waals surface area contributed by atoms with Crippen LogP contribution >= 0.6 is 0 Å². The van der Waals surface area contributed by atoms with E-state index in [4.69, 9.17) is 9.15 Å². The van der Waals surface area contributed by atoms with E-state index >= 15 is 0 Å². The van der Waals surface area contributed by atoms with Crippen LogP contribution in [0.15, 0.2) is 59.2 Å². The lowest BCUT2D eigenvalue weighted by Crippen LogP contribution is -2.37. The summed E-state index contributed by atoms with van der Waals surface area (Å²) in [5.74, 6) is 1.69. The first-order chi connectivity index (χ1) is 13.3. The number of morpholine rings is 1. The van der Waals surface area contributed by atoms with Gasteiger partial charge >= 0.3 is 0 Å². The monoisotopic (exact) mass is 364 g/mol. The van der Waals surface area contributed by atoms with E-state index in [-0.39, 0.29) is 5.91 Å². The van der Waals surface area contributed by atoms with Crippen LogP contribution in [0.4, 0.5) is 5.82 Å². The van der Waals surface area contributed by atoms with Crippen LogP contribution in [0.2, 0.25) is 0 Å². The van der Waals surface area contributed by atoms with Gasteiger partial charge in [-0.3, -0.25) is 4.79 Å². The Labute approximate surface area is 157 Å². The summed E-state index contributed by atoms with van der Waals surface area (Å²) < 4.78 is 10.7. The molecule has 1 aliphatic rings. The third-order valence-electron chi connectivity index (χ3n) is 4.32. The molecule has 4 rings (SSSR count). The van der Waals surface area contributed by atoms with Crippen LogP contribution in [0, 0.1) is 0 Å². The molecule has 0 aliphatic carbocycles. The SMILES string of the molecule is O=C(NCc1ccco1)c1cc(N2CCOCC2)nc(-c2ccccc2)n1. The van der Waals surface area contributed by atoms with Crippen LogP contribution < -0.4 is 10.2 Å². The first kappa shape index (κ1) is 17.2. The molecule has 2 aromatic heterocycles. The number of carbonyl (C=O) groups excluding carboxylic acids is 1. The fourth-order valence-corrected chi connectivity index (χ4v) is 2.89. The van der Waals surface area contributed by atoms with Gasteiger partial charge in [-0.2, -0.15) is 0 Å². The normalized spacial score (nSPS) is 14.1. The van der Waals surface area contributed by atoms with Crippen LogP contribution in [-0.2, 0) is 11.3 Å². The molecule has 7 heteroatoms. The van der Waals surface area contributed by atoms with Gasteiger partial charge in [0.15, 0.2) is 5.82 Å². The molecule has 0 unspecified atom stereocenters. The average molecular weight is 364 g/mol. The number of anilines is 1. The van der Waals surface area contributed by atoms with Crippen molar-refractivity contribution in [2.45, 2.75) is 6.54 Å². The standard InChI is InChI=1S/C20H20N4O3/c25-20(21-14-16-7-4-10-27-16)17-13-18(24-8-11-26-12-9-24)23-19(22-17)15-5-2-1-3-6-15/h1-7,10,13H,8-9,11-12,14H2,(H,21,25). The zero-order valence-electron chi connectivity index (χ0n) is 14.8. The summed E-state index contributed by atoms with van der Waals surface area (Å²) in [6.45, 7) is 3.07. The topological polar surface area (TPSA) is 80.5 Å². The fourth-order valence-electron chi connectivity index (χ4n) is 2.89. The van der Waals surface area contributed by atoms with Crippen molar-refractivity contribution in [2.75, 3.05) is 31.2 Å². The quantitative estimate of drug-likeness (QED) is 0.749. The molecule has 1 aromatic carbocycles. The van der Waals surface area contributed by atoms with Gasteiger partial charge in [-0.25, -0.2) is 9.97 Å². The molecule has 0 atom stereocenters. The minimum Gasteiger partial charge on any atom is -0.467 e. The molecule has 138 valence electrons. The Balaban J connectivity index is 1.63. The highest BCUT2D eigenvalue weighted by Gasteiger charge is 2.18. The van der Waals surface area contributed by atoms with Gasteiger partial charge in [0.1, 0.15) is 17.3 Å². The molecule has 3 aromatic rings. The van der Waals surface area contributed by atoms with Crippen molar-refractivity contribution < 1.29 is 13.9 Å². The number of rotatable bonds is 5. The van der Waals surface area contributed by atoms with Crippen molar-refractivity contribution in [1.82, 2.24) is 15.3 Å². The van der Waals surface area contributed by atoms with E-state index in [0.29, 0.717) is 37.0 Å². The second kappa shape index (κ2) is 8.01. The van der Waals surface area contributed by atoms with Crippen molar-refractivity contribution in [3.8, 4) is 11.4 Å². The number of nitrogens with one attached hydrogen (secondary N) is 1. The van der Waals surface area contributed by atoms with Crippen LogP contribution in [0.5, 0.6) is 0 Å². The number of carbonyl (C=O) groups is 1. The molecule has 0 saturated carbocycles. The molecule has 0 bridgehead atoms. The summed E-state index contributed by atoms with van der Waals surface area (Å²) in [6.07, 6.45) is 1.58. The summed E-state index contributed by atoms with van der Waals surface area (Å²) in [4.78, 5) is 24.0. The largest absolute Gasteiger partial charge is 0.467 e. The van der Waals surface area contributed by atoms with Crippen molar-refractivity contribution in [3.63, 3.8) is 0 Å². The van der Waals surface area contributed by atoms with Gasteiger partial charge in [-0.15, -0.1) is 0 Å². The number of benzene rings is 1. The van der Waals surface area contributed by atoms with E-state index in [9.17, 15) is 4.79 Å². The van der Waals surface area contributed by atoms with E-state index < -0.39 is 0 Å². The second-order valence-corrected chi connectivity index (χ2v) is 6.16. The zero-order valence-corrected chi connectivity index (χ0v) is 14.8. The minimum absolute atomic E-state index is 0.263. The van der Waals surface area contributed by atoms with E-state index in [1.165, 1.54) is 0 Å². The maximum Gasteiger partial charge on any atom is 0.270 e. The Morgan fingerprint density at radius 1 is 1.07 bits per heavy atom. The summed E-state index contributed by atoms with van der Waals surface area (Å²) >= 11 is 0. The van der Waals surface area contributed by atoms with Crippen molar-refractivity contribution in [1.29, 1.82) is 0 Å². The summed E-state index contributed by atoms with van der Waals surface area (Å²) in [5, 5.41) is 2.84. The Morgan fingerprint density at radius 2 is 1.89 bits per heavy atom. The maximum absolute atomic E-state index is 12.7. The lowest BCUT2D eigenvalue weighted by Gasteiger charge is -2.28. The van der Waals surface area contributed by atoms with Crippen molar-refractivity contribution >= 4 is 11.7 Å². The Kier molecular flexibility index (Phi) is 5.11. The molecule has 0 radical (unpaired) electrons. The van der Waals surface area contributed by atoms with Crippen LogP contribution in [0.1, 0.15) is 16.2 Å². The van der Waals surface area contributed by atoms with Gasteiger partial charge in [0.2, 0.25) is 0 Å². The first-order valence-corrected chi connectivity index (χ1v) is 8.87. The molecule has 1 aliphatic heterocycles. The van der Waals surface area contributed by atoms with E-state index in [1.807, 2.05) is 36.4 Å². The number of hydrogen-bond acceptors (Lipinski definition) is 6. The number of nitrogens with zero attached hydrogens (tertiary/aromatic N) is 3. The van der Waals surface area contributed by atoms with Gasteiger partial charge in [-0.1, -0.05) is 30.3 Å². The predicted molar refractivity (Wildman–Crippen MR) is 100 cm³/mol. The lowest BCUT2D eigenvalue weighted by molar-refractivity contribution is 0.0943. The highest BCUT2D eigenvalue weighted by atomic mass is 16.5. The molecule has 0 spiro atoms. The van der Waals surface area contributed by atoms with E-state index in [2.05, 4.69) is 20.2 Å². The molecule has 3 heterocycles. The highest BCUT2D eigenvalue weighted by Crippen LogP contribution is 2.21. The number of hydrogen-bond donors (Lipinski definition) is 1. The van der Waals surface area contributed by atoms with Gasteiger partial charge in [0.25, 0.3) is 5.91 Å². The minimum atomic E-state index is -0.263. The van der Waals surface area contributed by atoms with Crippen molar-refractivity contribution in [3.05, 3.63) is 66.2 Å². The first-order valence-electron chi connectivity index (χ1n) is 8.87. The van der Waals surface area contributed by atoms with E-state index in [1.54, 1.807) is 18.4 Å². The molecule has 1 saturated heterocycles. The predicted octanol–water partition coefficient (Wildman–Crippen LogP) is 2.50. The molecule has 1 amide bonds. The molecular formula is C20H20N4O3. The Bertz CT molecular complexity index is 891. The van der Waals surface area contributed by atoms with Crippen LogP contribution in [0.25, 0.3) is 11.4 Å². The van der Waals surface area contributed by atoms with Crippen LogP contribution in [-0.4, -0.2) is 42.2 Å². The summed E-state index contributed by atoms with van der Waals surface area (Å²) in [7, 11) is 0. The molecular weight excluding hydrogens is 344 g/mol. The number of furan rings is 1. The zero-order chi connectivity index (χ0) is 18.5. The van der Waals surface area contributed by atoms with Gasteiger partial charge in [-0.05, 0) is 12.1 Å². The Morgan fingerprint density at radius 3 is 2.63 bits per heavy atom. The number of aromatic nitrogens is 2.